The number of nitrogens with two attached hydrogens (primary N) is 1. The van der Waals surface area contributed by atoms with E-state index in [-0.39, 0.29) is 5.96 Å². The zero-order chi connectivity index (χ0) is 13.5. The summed E-state index contributed by atoms with van der Waals surface area (Å²) in [7, 11) is 3.08. The van der Waals surface area contributed by atoms with Crippen LogP contribution in [-0.4, -0.2) is 43.0 Å². The monoisotopic (exact) mass is 253 g/mol. The molecule has 0 amide bonds. The molecular weight excluding hydrogens is 234 g/mol. The Hall–Kier alpha value is -1.73. The molecule has 0 fully saturated rings. The summed E-state index contributed by atoms with van der Waals surface area (Å²) in [5.74, 6) is 0.652. The number of methoxy groups -OCH3 is 2. The smallest absolute Gasteiger partial charge is 0.229 e. The Morgan fingerprint density at radius 2 is 1.89 bits per heavy atom. The quantitative estimate of drug-likeness (QED) is 0.449. The summed E-state index contributed by atoms with van der Waals surface area (Å²) in [6.45, 7) is 4.08. The number of nitrogens with zero attached hydrogens (tertiary/aromatic N) is 3. The second kappa shape index (κ2) is 6.87. The maximum Gasteiger partial charge on any atom is 0.229 e. The van der Waals surface area contributed by atoms with Crippen LogP contribution in [0.2, 0.25) is 0 Å². The summed E-state index contributed by atoms with van der Waals surface area (Å²) >= 11 is 0. The molecule has 0 aromatic carbocycles. The highest BCUT2D eigenvalue weighted by Gasteiger charge is 2.05. The standard InChI is InChI=1S/C11H19N5O2/c1-7-5-8(2)15-11(14-7)16-10(12)13-6-9(17-3)18-4/h5,9H,6H2,1-4H3,(H3,12,13,14,15,16). The first-order valence-electron chi connectivity index (χ1n) is 5.50. The summed E-state index contributed by atoms with van der Waals surface area (Å²) < 4.78 is 9.99. The van der Waals surface area contributed by atoms with Crippen molar-refractivity contribution < 1.29 is 9.47 Å². The van der Waals surface area contributed by atoms with E-state index in [0.717, 1.165) is 11.4 Å². The summed E-state index contributed by atoms with van der Waals surface area (Å²) in [4.78, 5) is 12.5. The molecule has 1 rings (SSSR count). The van der Waals surface area contributed by atoms with E-state index in [0.29, 0.717) is 12.5 Å². The lowest BCUT2D eigenvalue weighted by molar-refractivity contribution is -0.0936. The third kappa shape index (κ3) is 4.64. The summed E-state index contributed by atoms with van der Waals surface area (Å²) in [6, 6.07) is 1.88. The largest absolute Gasteiger partial charge is 0.370 e. The molecule has 3 N–H and O–H groups in total. The van der Waals surface area contributed by atoms with Crippen molar-refractivity contribution in [3.63, 3.8) is 0 Å². The molecule has 0 spiro atoms. The van der Waals surface area contributed by atoms with Crippen LogP contribution in [0.15, 0.2) is 11.1 Å². The number of guanidine groups is 1. The van der Waals surface area contributed by atoms with E-state index in [1.165, 1.54) is 0 Å². The van der Waals surface area contributed by atoms with Crippen molar-refractivity contribution in [3.8, 4) is 0 Å². The van der Waals surface area contributed by atoms with Gasteiger partial charge in [-0.15, -0.1) is 0 Å². The van der Waals surface area contributed by atoms with Crippen LogP contribution in [0, 0.1) is 13.8 Å². The number of ether oxygens (including phenoxy) is 2. The van der Waals surface area contributed by atoms with Crippen molar-refractivity contribution in [3.05, 3.63) is 17.5 Å². The molecule has 1 heterocycles. The normalized spacial score (nSPS) is 11.9. The lowest BCUT2D eigenvalue weighted by atomic mass is 10.4. The molecule has 0 saturated heterocycles. The molecule has 0 saturated carbocycles. The van der Waals surface area contributed by atoms with Gasteiger partial charge in [0.25, 0.3) is 0 Å². The van der Waals surface area contributed by atoms with Crippen LogP contribution in [0.1, 0.15) is 11.4 Å². The van der Waals surface area contributed by atoms with E-state index in [1.807, 2.05) is 19.9 Å². The van der Waals surface area contributed by atoms with Crippen molar-refractivity contribution in [2.45, 2.75) is 20.1 Å². The fraction of sp³-hybridized carbons (Fsp3) is 0.545. The molecule has 0 radical (unpaired) electrons. The minimum atomic E-state index is -0.412. The van der Waals surface area contributed by atoms with Crippen molar-refractivity contribution in [1.29, 1.82) is 0 Å². The van der Waals surface area contributed by atoms with Gasteiger partial charge in [0.2, 0.25) is 5.95 Å². The van der Waals surface area contributed by atoms with E-state index in [4.69, 9.17) is 15.2 Å². The SMILES string of the molecule is COC(CN=C(N)Nc1nc(C)cc(C)n1)OC. The lowest BCUT2D eigenvalue weighted by Crippen LogP contribution is -2.27. The van der Waals surface area contributed by atoms with Gasteiger partial charge in [0.15, 0.2) is 12.2 Å². The highest BCUT2D eigenvalue weighted by Crippen LogP contribution is 2.03. The fourth-order valence-corrected chi connectivity index (χ4v) is 1.35. The third-order valence-corrected chi connectivity index (χ3v) is 2.16. The Bertz CT molecular complexity index is 398. The molecule has 100 valence electrons. The average molecular weight is 253 g/mol. The molecule has 0 atom stereocenters. The van der Waals surface area contributed by atoms with Crippen molar-refractivity contribution >= 4 is 11.9 Å². The molecule has 1 aromatic heterocycles. The number of anilines is 1. The van der Waals surface area contributed by atoms with E-state index >= 15 is 0 Å². The van der Waals surface area contributed by atoms with Crippen LogP contribution in [0.3, 0.4) is 0 Å². The average Bonchev–Trinajstić information content (AvgIpc) is 2.28. The zero-order valence-corrected chi connectivity index (χ0v) is 11.1. The molecule has 7 heteroatoms. The highest BCUT2D eigenvalue weighted by atomic mass is 16.7. The molecule has 0 bridgehead atoms. The van der Waals surface area contributed by atoms with Crippen LogP contribution in [0.25, 0.3) is 0 Å². The summed E-state index contributed by atoms with van der Waals surface area (Å²) in [5.41, 5.74) is 7.44. The van der Waals surface area contributed by atoms with Crippen molar-refractivity contribution in [2.24, 2.45) is 10.7 Å². The number of hydrogen-bond acceptors (Lipinski definition) is 5. The highest BCUT2D eigenvalue weighted by molar-refractivity contribution is 5.90. The van der Waals surface area contributed by atoms with Gasteiger partial charge in [0.1, 0.15) is 0 Å². The molecule has 0 aliphatic carbocycles. The fourth-order valence-electron chi connectivity index (χ4n) is 1.35. The van der Waals surface area contributed by atoms with Crippen LogP contribution >= 0.6 is 0 Å². The van der Waals surface area contributed by atoms with Gasteiger partial charge in [-0.25, -0.2) is 15.0 Å². The molecule has 1 aromatic rings. The molecular formula is C11H19N5O2. The molecule has 0 aliphatic rings. The van der Waals surface area contributed by atoms with Gasteiger partial charge in [0, 0.05) is 25.6 Å². The first kappa shape index (κ1) is 14.3. The molecule has 18 heavy (non-hydrogen) atoms. The van der Waals surface area contributed by atoms with Crippen LogP contribution in [0.5, 0.6) is 0 Å². The van der Waals surface area contributed by atoms with Crippen LogP contribution in [0.4, 0.5) is 5.95 Å². The Morgan fingerprint density at radius 3 is 2.39 bits per heavy atom. The number of aromatic nitrogens is 2. The van der Waals surface area contributed by atoms with Gasteiger partial charge < -0.3 is 15.2 Å². The van der Waals surface area contributed by atoms with E-state index in [2.05, 4.69) is 20.3 Å². The number of aliphatic imine (C=N–C) groups is 1. The van der Waals surface area contributed by atoms with E-state index in [1.54, 1.807) is 14.2 Å². The van der Waals surface area contributed by atoms with Gasteiger partial charge in [-0.3, -0.25) is 5.32 Å². The van der Waals surface area contributed by atoms with E-state index in [9.17, 15) is 0 Å². The Kier molecular flexibility index (Phi) is 5.47. The lowest BCUT2D eigenvalue weighted by Gasteiger charge is -2.11. The predicted molar refractivity (Wildman–Crippen MR) is 69.4 cm³/mol. The van der Waals surface area contributed by atoms with Crippen LogP contribution in [-0.2, 0) is 9.47 Å². The second-order valence-electron chi connectivity index (χ2n) is 3.73. The van der Waals surface area contributed by atoms with Gasteiger partial charge in [-0.2, -0.15) is 0 Å². The Balaban J connectivity index is 2.63. The van der Waals surface area contributed by atoms with E-state index < -0.39 is 6.29 Å². The van der Waals surface area contributed by atoms with Gasteiger partial charge in [-0.05, 0) is 19.9 Å². The number of nitrogens with one attached hydrogen (secondary N) is 1. The number of aryl methyl sites for hydroxylation is 2. The first-order chi connectivity index (χ1) is 8.55. The molecule has 0 unspecified atom stereocenters. The van der Waals surface area contributed by atoms with Gasteiger partial charge >= 0.3 is 0 Å². The second-order valence-corrected chi connectivity index (χ2v) is 3.73. The minimum Gasteiger partial charge on any atom is -0.370 e. The maximum absolute atomic E-state index is 5.71. The molecule has 0 aliphatic heterocycles. The van der Waals surface area contributed by atoms with Crippen molar-refractivity contribution in [1.82, 2.24) is 9.97 Å². The maximum atomic E-state index is 5.71. The van der Waals surface area contributed by atoms with Gasteiger partial charge in [-0.1, -0.05) is 0 Å². The number of hydrogen-bond donors (Lipinski definition) is 2. The van der Waals surface area contributed by atoms with Gasteiger partial charge in [0.05, 0.1) is 6.54 Å². The molecule has 7 nitrogen and oxygen atoms in total. The topological polar surface area (TPSA) is 94.7 Å². The first-order valence-corrected chi connectivity index (χ1v) is 5.50. The Morgan fingerprint density at radius 1 is 1.33 bits per heavy atom. The third-order valence-electron chi connectivity index (χ3n) is 2.16. The minimum absolute atomic E-state index is 0.221. The van der Waals surface area contributed by atoms with Crippen molar-refractivity contribution in [2.75, 3.05) is 26.1 Å². The summed E-state index contributed by atoms with van der Waals surface area (Å²) in [5, 5.41) is 2.82. The zero-order valence-electron chi connectivity index (χ0n) is 11.1. The Labute approximate surface area is 106 Å². The number of rotatable bonds is 5. The summed E-state index contributed by atoms with van der Waals surface area (Å²) in [6.07, 6.45) is -0.412. The van der Waals surface area contributed by atoms with Crippen LogP contribution < -0.4 is 11.1 Å². The predicted octanol–water partition coefficient (Wildman–Crippen LogP) is 0.439.